The molecule has 0 aliphatic carbocycles. The molecule has 128 valence electrons. The SMILES string of the molecule is O=S(=O)(c1ccccc1)c1cnc2ccc(Br)cc2c1-c1ccccc1. The lowest BCUT2D eigenvalue weighted by atomic mass is 10.0. The Labute approximate surface area is 160 Å². The van der Waals surface area contributed by atoms with Crippen LogP contribution in [0.2, 0.25) is 0 Å². The van der Waals surface area contributed by atoms with Crippen LogP contribution in [0.4, 0.5) is 0 Å². The molecule has 0 saturated carbocycles. The standard InChI is InChI=1S/C21H14BrNO2S/c22-16-11-12-19-18(13-16)21(15-7-3-1-4-8-15)20(14-23-19)26(24,25)17-9-5-2-6-10-17/h1-14H. The molecule has 0 atom stereocenters. The average Bonchev–Trinajstić information content (AvgIpc) is 2.68. The molecule has 3 aromatic carbocycles. The van der Waals surface area contributed by atoms with Crippen LogP contribution in [0.5, 0.6) is 0 Å². The highest BCUT2D eigenvalue weighted by molar-refractivity contribution is 9.10. The third kappa shape index (κ3) is 2.93. The summed E-state index contributed by atoms with van der Waals surface area (Å²) in [6.45, 7) is 0. The van der Waals surface area contributed by atoms with Gasteiger partial charge >= 0.3 is 0 Å². The van der Waals surface area contributed by atoms with Gasteiger partial charge in [-0.3, -0.25) is 4.98 Å². The van der Waals surface area contributed by atoms with Crippen molar-refractivity contribution in [3.63, 3.8) is 0 Å². The Kier molecular flexibility index (Phi) is 4.34. The highest BCUT2D eigenvalue weighted by atomic mass is 79.9. The van der Waals surface area contributed by atoms with E-state index in [9.17, 15) is 8.42 Å². The Bertz CT molecular complexity index is 1190. The molecule has 1 aromatic heterocycles. The molecule has 0 amide bonds. The van der Waals surface area contributed by atoms with Crippen LogP contribution < -0.4 is 0 Å². The summed E-state index contributed by atoms with van der Waals surface area (Å²) >= 11 is 3.48. The third-order valence-electron chi connectivity index (χ3n) is 4.20. The maximum absolute atomic E-state index is 13.3. The van der Waals surface area contributed by atoms with E-state index in [1.165, 1.54) is 6.20 Å². The Morgan fingerprint density at radius 3 is 2.15 bits per heavy atom. The highest BCUT2D eigenvalue weighted by Gasteiger charge is 2.24. The van der Waals surface area contributed by atoms with E-state index in [0.717, 1.165) is 20.9 Å². The maximum Gasteiger partial charge on any atom is 0.208 e. The van der Waals surface area contributed by atoms with Crippen LogP contribution in [-0.4, -0.2) is 13.4 Å². The second kappa shape index (κ2) is 6.67. The number of fused-ring (bicyclic) bond motifs is 1. The topological polar surface area (TPSA) is 47.0 Å². The molecule has 26 heavy (non-hydrogen) atoms. The lowest BCUT2D eigenvalue weighted by molar-refractivity contribution is 0.596. The van der Waals surface area contributed by atoms with Crippen molar-refractivity contribution in [1.82, 2.24) is 4.98 Å². The van der Waals surface area contributed by atoms with Crippen LogP contribution in [0.25, 0.3) is 22.0 Å². The van der Waals surface area contributed by atoms with E-state index >= 15 is 0 Å². The number of sulfone groups is 1. The normalized spacial score (nSPS) is 11.6. The first-order valence-corrected chi connectivity index (χ1v) is 10.3. The molecule has 4 aromatic rings. The molecule has 0 aliphatic rings. The van der Waals surface area contributed by atoms with E-state index < -0.39 is 9.84 Å². The van der Waals surface area contributed by atoms with Crippen LogP contribution in [0.15, 0.2) is 99.3 Å². The Morgan fingerprint density at radius 2 is 1.46 bits per heavy atom. The van der Waals surface area contributed by atoms with Crippen LogP contribution in [-0.2, 0) is 9.84 Å². The van der Waals surface area contributed by atoms with Crippen molar-refractivity contribution in [2.75, 3.05) is 0 Å². The van der Waals surface area contributed by atoms with Crippen molar-refractivity contribution in [1.29, 1.82) is 0 Å². The van der Waals surface area contributed by atoms with Gasteiger partial charge in [-0.1, -0.05) is 64.5 Å². The van der Waals surface area contributed by atoms with Crippen molar-refractivity contribution in [2.24, 2.45) is 0 Å². The zero-order chi connectivity index (χ0) is 18.1. The lowest BCUT2D eigenvalue weighted by Crippen LogP contribution is -2.05. The van der Waals surface area contributed by atoms with Crippen molar-refractivity contribution in [3.05, 3.63) is 89.5 Å². The van der Waals surface area contributed by atoms with Crippen molar-refractivity contribution in [2.45, 2.75) is 9.79 Å². The molecule has 0 radical (unpaired) electrons. The summed E-state index contributed by atoms with van der Waals surface area (Å²) < 4.78 is 27.5. The largest absolute Gasteiger partial charge is 0.255 e. The number of benzene rings is 3. The van der Waals surface area contributed by atoms with Crippen LogP contribution in [0, 0.1) is 0 Å². The molecule has 4 rings (SSSR count). The smallest absolute Gasteiger partial charge is 0.208 e. The summed E-state index contributed by atoms with van der Waals surface area (Å²) in [7, 11) is -3.70. The van der Waals surface area contributed by atoms with Gasteiger partial charge in [-0.05, 0) is 35.9 Å². The fourth-order valence-electron chi connectivity index (χ4n) is 2.98. The summed E-state index contributed by atoms with van der Waals surface area (Å²) in [5.74, 6) is 0. The highest BCUT2D eigenvalue weighted by Crippen LogP contribution is 2.37. The van der Waals surface area contributed by atoms with Gasteiger partial charge in [-0.15, -0.1) is 0 Å². The first-order chi connectivity index (χ1) is 12.6. The van der Waals surface area contributed by atoms with E-state index in [2.05, 4.69) is 20.9 Å². The maximum atomic E-state index is 13.3. The molecule has 0 fully saturated rings. The fraction of sp³-hybridized carbons (Fsp3) is 0. The second-order valence-corrected chi connectivity index (χ2v) is 8.68. The molecule has 0 unspecified atom stereocenters. The molecular weight excluding hydrogens is 410 g/mol. The molecule has 5 heteroatoms. The van der Waals surface area contributed by atoms with E-state index in [1.807, 2.05) is 48.5 Å². The molecule has 0 spiro atoms. The Balaban J connectivity index is 2.11. The molecule has 0 N–H and O–H groups in total. The Hall–Kier alpha value is -2.50. The van der Waals surface area contributed by atoms with Crippen molar-refractivity contribution >= 4 is 36.7 Å². The van der Waals surface area contributed by atoms with Crippen molar-refractivity contribution < 1.29 is 8.42 Å². The van der Waals surface area contributed by atoms with Gasteiger partial charge < -0.3 is 0 Å². The van der Waals surface area contributed by atoms with E-state index in [1.54, 1.807) is 30.3 Å². The number of pyridine rings is 1. The first-order valence-electron chi connectivity index (χ1n) is 8.01. The van der Waals surface area contributed by atoms with Gasteiger partial charge in [0, 0.05) is 21.6 Å². The molecule has 0 bridgehead atoms. The summed E-state index contributed by atoms with van der Waals surface area (Å²) in [5.41, 5.74) is 2.26. The predicted molar refractivity (Wildman–Crippen MR) is 107 cm³/mol. The second-order valence-electron chi connectivity index (χ2n) is 5.84. The molecule has 1 heterocycles. The molecule has 0 aliphatic heterocycles. The fourth-order valence-corrected chi connectivity index (χ4v) is 4.80. The minimum atomic E-state index is -3.70. The van der Waals surface area contributed by atoms with Gasteiger partial charge in [0.2, 0.25) is 9.84 Å². The summed E-state index contributed by atoms with van der Waals surface area (Å²) in [5, 5.41) is 0.794. The van der Waals surface area contributed by atoms with Gasteiger partial charge in [0.25, 0.3) is 0 Å². The zero-order valence-corrected chi connectivity index (χ0v) is 16.0. The average molecular weight is 424 g/mol. The van der Waals surface area contributed by atoms with Crippen molar-refractivity contribution in [3.8, 4) is 11.1 Å². The summed E-state index contributed by atoms with van der Waals surface area (Å²) in [6.07, 6.45) is 1.46. The quantitative estimate of drug-likeness (QED) is 0.437. The minimum Gasteiger partial charge on any atom is -0.255 e. The lowest BCUT2D eigenvalue weighted by Gasteiger charge is -2.14. The van der Waals surface area contributed by atoms with Gasteiger partial charge in [0.1, 0.15) is 0 Å². The zero-order valence-electron chi connectivity index (χ0n) is 13.6. The predicted octanol–water partition coefficient (Wildman–Crippen LogP) is 5.50. The third-order valence-corrected chi connectivity index (χ3v) is 6.48. The number of hydrogen-bond donors (Lipinski definition) is 0. The number of aromatic nitrogens is 1. The van der Waals surface area contributed by atoms with Gasteiger partial charge in [-0.25, -0.2) is 8.42 Å². The number of hydrogen-bond acceptors (Lipinski definition) is 3. The van der Waals surface area contributed by atoms with Crippen LogP contribution >= 0.6 is 15.9 Å². The Morgan fingerprint density at radius 1 is 0.808 bits per heavy atom. The summed E-state index contributed by atoms with van der Waals surface area (Å²) in [6, 6.07) is 23.7. The number of halogens is 1. The van der Waals surface area contributed by atoms with Gasteiger partial charge in [0.05, 0.1) is 15.3 Å². The van der Waals surface area contributed by atoms with E-state index in [0.29, 0.717) is 5.56 Å². The van der Waals surface area contributed by atoms with Crippen LogP contribution in [0.3, 0.4) is 0 Å². The van der Waals surface area contributed by atoms with E-state index in [4.69, 9.17) is 0 Å². The van der Waals surface area contributed by atoms with Gasteiger partial charge in [-0.2, -0.15) is 0 Å². The monoisotopic (exact) mass is 423 g/mol. The molecule has 3 nitrogen and oxygen atoms in total. The van der Waals surface area contributed by atoms with E-state index in [-0.39, 0.29) is 9.79 Å². The van der Waals surface area contributed by atoms with Crippen LogP contribution in [0.1, 0.15) is 0 Å². The number of nitrogens with zero attached hydrogens (tertiary/aromatic N) is 1. The molecular formula is C21H14BrNO2S. The van der Waals surface area contributed by atoms with Gasteiger partial charge in [0.15, 0.2) is 0 Å². The molecule has 0 saturated heterocycles. The first kappa shape index (κ1) is 16.9. The summed E-state index contributed by atoms with van der Waals surface area (Å²) in [4.78, 5) is 4.87. The minimum absolute atomic E-state index is 0.209. The number of rotatable bonds is 3.